The first kappa shape index (κ1) is 23.4. The molecule has 0 saturated heterocycles. The van der Waals surface area contributed by atoms with E-state index >= 15 is 0 Å². The van der Waals surface area contributed by atoms with Gasteiger partial charge < -0.3 is 20.6 Å². The van der Waals surface area contributed by atoms with Crippen molar-refractivity contribution in [2.75, 3.05) is 17.9 Å². The summed E-state index contributed by atoms with van der Waals surface area (Å²) in [6, 6.07) is 12.4. The number of anilines is 1. The van der Waals surface area contributed by atoms with Gasteiger partial charge in [0.1, 0.15) is 4.90 Å². The van der Waals surface area contributed by atoms with Gasteiger partial charge in [-0.15, -0.1) is 0 Å². The zero-order valence-corrected chi connectivity index (χ0v) is 19.4. The number of fused-ring (bicyclic) bond motifs is 1. The van der Waals surface area contributed by atoms with E-state index in [4.69, 9.17) is 0 Å². The maximum atomic E-state index is 13.5. The van der Waals surface area contributed by atoms with Crippen molar-refractivity contribution in [1.29, 1.82) is 0 Å². The monoisotopic (exact) mass is 456 g/mol. The summed E-state index contributed by atoms with van der Waals surface area (Å²) in [5, 5.41) is 35.1. The first-order valence-electron chi connectivity index (χ1n) is 10.4. The first-order valence-corrected chi connectivity index (χ1v) is 11.5. The van der Waals surface area contributed by atoms with E-state index in [1.807, 2.05) is 45.0 Å². The van der Waals surface area contributed by atoms with Crippen LogP contribution in [0.25, 0.3) is 10.8 Å². The van der Waals surface area contributed by atoms with Crippen molar-refractivity contribution in [2.45, 2.75) is 38.0 Å². The second-order valence-electron chi connectivity index (χ2n) is 7.84. The predicted octanol–water partition coefficient (Wildman–Crippen LogP) is 4.38. The van der Waals surface area contributed by atoms with E-state index in [-0.39, 0.29) is 16.7 Å². The Kier molecular flexibility index (Phi) is 6.93. The van der Waals surface area contributed by atoms with Gasteiger partial charge in [0.2, 0.25) is 5.75 Å². The molecule has 4 N–H and O–H groups in total. The highest BCUT2D eigenvalue weighted by atomic mass is 32.2. The van der Waals surface area contributed by atoms with Crippen LogP contribution in [-0.2, 0) is 11.0 Å². The van der Waals surface area contributed by atoms with Gasteiger partial charge in [0.05, 0.1) is 5.69 Å². The summed E-state index contributed by atoms with van der Waals surface area (Å²) in [6.45, 7) is 6.05. The summed E-state index contributed by atoms with van der Waals surface area (Å²) in [5.74, 6) is -1.99. The van der Waals surface area contributed by atoms with Crippen LogP contribution in [0.3, 0.4) is 0 Å². The highest BCUT2D eigenvalue weighted by Gasteiger charge is 2.25. The number of nitrogens with zero attached hydrogens (tertiary/aromatic N) is 1. The number of amides is 1. The molecule has 0 radical (unpaired) electrons. The molecule has 1 unspecified atom stereocenters. The van der Waals surface area contributed by atoms with Gasteiger partial charge in [-0.3, -0.25) is 9.10 Å². The van der Waals surface area contributed by atoms with Crippen LogP contribution in [0.15, 0.2) is 47.4 Å². The predicted molar refractivity (Wildman–Crippen MR) is 127 cm³/mol. The van der Waals surface area contributed by atoms with Crippen LogP contribution in [0, 0.1) is 0 Å². The SMILES string of the molecule is CCCN(c1ccc2cc(C(=O)NC)ccc2c1)S(=O)c1cc(C(C)C)c(O)c(O)c1O. The van der Waals surface area contributed by atoms with Crippen LogP contribution in [0.4, 0.5) is 5.69 Å². The zero-order valence-electron chi connectivity index (χ0n) is 18.5. The highest BCUT2D eigenvalue weighted by molar-refractivity contribution is 7.86. The molecule has 0 aliphatic rings. The van der Waals surface area contributed by atoms with E-state index in [1.165, 1.54) is 6.07 Å². The van der Waals surface area contributed by atoms with Crippen LogP contribution in [-0.4, -0.2) is 39.0 Å². The largest absolute Gasteiger partial charge is 0.504 e. The third kappa shape index (κ3) is 4.36. The Morgan fingerprint density at radius 1 is 1.00 bits per heavy atom. The Labute approximate surface area is 189 Å². The Balaban J connectivity index is 2.07. The average molecular weight is 457 g/mol. The third-order valence-corrected chi connectivity index (χ3v) is 6.76. The summed E-state index contributed by atoms with van der Waals surface area (Å²) >= 11 is 0. The molecule has 0 bridgehead atoms. The molecule has 32 heavy (non-hydrogen) atoms. The van der Waals surface area contributed by atoms with Crippen molar-refractivity contribution in [2.24, 2.45) is 0 Å². The van der Waals surface area contributed by atoms with E-state index in [0.29, 0.717) is 29.8 Å². The van der Waals surface area contributed by atoms with Gasteiger partial charge >= 0.3 is 0 Å². The van der Waals surface area contributed by atoms with Crippen molar-refractivity contribution in [3.05, 3.63) is 53.6 Å². The number of aromatic hydroxyl groups is 3. The molecule has 0 heterocycles. The number of carbonyl (C=O) groups excluding carboxylic acids is 1. The lowest BCUT2D eigenvalue weighted by atomic mass is 10.0. The summed E-state index contributed by atoms with van der Waals surface area (Å²) < 4.78 is 15.2. The summed E-state index contributed by atoms with van der Waals surface area (Å²) in [7, 11) is -0.259. The quantitative estimate of drug-likeness (QED) is 0.395. The van der Waals surface area contributed by atoms with Gasteiger partial charge in [-0.05, 0) is 53.4 Å². The topological polar surface area (TPSA) is 110 Å². The van der Waals surface area contributed by atoms with Crippen LogP contribution in [0.5, 0.6) is 17.2 Å². The van der Waals surface area contributed by atoms with Gasteiger partial charge in [-0.25, -0.2) is 4.21 Å². The molecule has 3 aromatic rings. The third-order valence-electron chi connectivity index (χ3n) is 5.28. The van der Waals surface area contributed by atoms with E-state index in [0.717, 1.165) is 10.8 Å². The van der Waals surface area contributed by atoms with Crippen molar-refractivity contribution in [3.8, 4) is 17.2 Å². The number of rotatable bonds is 7. The van der Waals surface area contributed by atoms with E-state index < -0.39 is 28.2 Å². The molecule has 170 valence electrons. The fourth-order valence-corrected chi connectivity index (χ4v) is 4.90. The maximum Gasteiger partial charge on any atom is 0.251 e. The number of nitrogens with one attached hydrogen (secondary N) is 1. The minimum absolute atomic E-state index is 0.0347. The smallest absolute Gasteiger partial charge is 0.251 e. The van der Waals surface area contributed by atoms with Crippen molar-refractivity contribution >= 4 is 33.4 Å². The molecule has 0 aromatic heterocycles. The molecule has 1 amide bonds. The lowest BCUT2D eigenvalue weighted by Crippen LogP contribution is -2.27. The fraction of sp³-hybridized carbons (Fsp3) is 0.292. The van der Waals surface area contributed by atoms with Crippen molar-refractivity contribution < 1.29 is 24.3 Å². The number of hydrogen-bond acceptors (Lipinski definition) is 5. The van der Waals surface area contributed by atoms with Crippen LogP contribution in [0.1, 0.15) is 49.0 Å². The van der Waals surface area contributed by atoms with Gasteiger partial charge in [-0.2, -0.15) is 0 Å². The van der Waals surface area contributed by atoms with Gasteiger partial charge in [0.25, 0.3) is 5.91 Å². The molecule has 3 rings (SSSR count). The first-order chi connectivity index (χ1) is 15.2. The Morgan fingerprint density at radius 2 is 1.66 bits per heavy atom. The molecule has 3 aromatic carbocycles. The standard InChI is InChI=1S/C24H28N2O5S/c1-5-10-26(32(31)20-13-19(14(2)3)21(27)23(29)22(20)28)18-9-8-15-11-17(24(30)25-4)7-6-16(15)12-18/h6-9,11-14,27-29H,5,10H2,1-4H3,(H,25,30). The van der Waals surface area contributed by atoms with Gasteiger partial charge in [0.15, 0.2) is 22.5 Å². The molecular weight excluding hydrogens is 428 g/mol. The molecule has 0 saturated carbocycles. The Bertz CT molecular complexity index is 1190. The van der Waals surface area contributed by atoms with Crippen molar-refractivity contribution in [1.82, 2.24) is 5.32 Å². The second kappa shape index (κ2) is 9.48. The number of carbonyl (C=O) groups is 1. The van der Waals surface area contributed by atoms with Gasteiger partial charge in [-0.1, -0.05) is 32.9 Å². The summed E-state index contributed by atoms with van der Waals surface area (Å²) in [4.78, 5) is 11.9. The normalized spacial score (nSPS) is 12.2. The fourth-order valence-electron chi connectivity index (χ4n) is 3.52. The molecule has 0 spiro atoms. The Morgan fingerprint density at radius 3 is 2.28 bits per heavy atom. The van der Waals surface area contributed by atoms with E-state index in [2.05, 4.69) is 5.32 Å². The van der Waals surface area contributed by atoms with E-state index in [1.54, 1.807) is 23.5 Å². The lowest BCUT2D eigenvalue weighted by Gasteiger charge is -2.25. The molecule has 0 aliphatic heterocycles. The van der Waals surface area contributed by atoms with Gasteiger partial charge in [0, 0.05) is 24.7 Å². The van der Waals surface area contributed by atoms with Crippen LogP contribution >= 0.6 is 0 Å². The summed E-state index contributed by atoms with van der Waals surface area (Å²) in [6.07, 6.45) is 0.696. The zero-order chi connectivity index (χ0) is 23.6. The lowest BCUT2D eigenvalue weighted by molar-refractivity contribution is 0.0963. The molecule has 7 nitrogen and oxygen atoms in total. The minimum atomic E-state index is -1.84. The number of phenols is 3. The minimum Gasteiger partial charge on any atom is -0.504 e. The molecule has 8 heteroatoms. The second-order valence-corrected chi connectivity index (χ2v) is 9.22. The molecule has 0 fully saturated rings. The average Bonchev–Trinajstić information content (AvgIpc) is 2.79. The molecular formula is C24H28N2O5S. The summed E-state index contributed by atoms with van der Waals surface area (Å²) in [5.41, 5.74) is 1.62. The number of benzene rings is 3. The number of phenolic OH excluding ortho intramolecular Hbond substituents is 3. The molecule has 0 aliphatic carbocycles. The Hall–Kier alpha value is -3.26. The highest BCUT2D eigenvalue weighted by Crippen LogP contribution is 2.45. The number of hydrogen-bond donors (Lipinski definition) is 4. The van der Waals surface area contributed by atoms with E-state index in [9.17, 15) is 24.3 Å². The maximum absolute atomic E-state index is 13.5. The van der Waals surface area contributed by atoms with Crippen LogP contribution < -0.4 is 9.62 Å². The van der Waals surface area contributed by atoms with Crippen molar-refractivity contribution in [3.63, 3.8) is 0 Å². The van der Waals surface area contributed by atoms with Crippen LogP contribution in [0.2, 0.25) is 0 Å². The molecule has 1 atom stereocenters.